The fourth-order valence-electron chi connectivity index (χ4n) is 2.12. The number of rotatable bonds is 4. The molecule has 0 aromatic carbocycles. The second-order valence-electron chi connectivity index (χ2n) is 4.57. The molecule has 1 nitrogen and oxygen atoms in total. The van der Waals surface area contributed by atoms with Crippen LogP contribution in [0.5, 0.6) is 0 Å². The van der Waals surface area contributed by atoms with Crippen molar-refractivity contribution >= 4 is 0 Å². The van der Waals surface area contributed by atoms with Gasteiger partial charge in [-0.15, -0.1) is 0 Å². The number of hydrogen-bond donors (Lipinski definition) is 1. The van der Waals surface area contributed by atoms with Gasteiger partial charge in [0.1, 0.15) is 0 Å². The van der Waals surface area contributed by atoms with Crippen molar-refractivity contribution in [1.29, 1.82) is 0 Å². The molecule has 1 N–H and O–H groups in total. The molecule has 84 valence electrons. The maximum Gasteiger partial charge on any atom is 0.256 e. The summed E-state index contributed by atoms with van der Waals surface area (Å²) in [6.45, 7) is 4.87. The largest absolute Gasteiger partial charge is 0.306 e. The van der Waals surface area contributed by atoms with Crippen LogP contribution in [0.3, 0.4) is 0 Å². The first-order chi connectivity index (χ1) is 6.60. The molecular weight excluding hydrogens is 184 g/mol. The Hall–Kier alpha value is -0.180. The minimum Gasteiger partial charge on any atom is -0.306 e. The maximum atomic E-state index is 13.0. The Morgan fingerprint density at radius 2 is 1.93 bits per heavy atom. The highest BCUT2D eigenvalue weighted by molar-refractivity contribution is 4.94. The Balaban J connectivity index is 2.54. The van der Waals surface area contributed by atoms with Gasteiger partial charge in [-0.2, -0.15) is 0 Å². The molecule has 0 saturated heterocycles. The Morgan fingerprint density at radius 3 is 2.36 bits per heavy atom. The van der Waals surface area contributed by atoms with E-state index in [1.807, 2.05) is 6.92 Å². The molecule has 0 aromatic heterocycles. The topological polar surface area (TPSA) is 12.0 Å². The Labute approximate surface area is 85.3 Å². The van der Waals surface area contributed by atoms with Gasteiger partial charge in [0.15, 0.2) is 0 Å². The first kappa shape index (κ1) is 11.9. The van der Waals surface area contributed by atoms with Gasteiger partial charge in [0, 0.05) is 0 Å². The second-order valence-corrected chi connectivity index (χ2v) is 4.57. The second kappa shape index (κ2) is 5.06. The van der Waals surface area contributed by atoms with E-state index >= 15 is 0 Å². The van der Waals surface area contributed by atoms with E-state index in [-0.39, 0.29) is 0 Å². The number of alkyl halides is 2. The molecule has 1 rings (SSSR count). The minimum atomic E-state index is -2.22. The van der Waals surface area contributed by atoms with Gasteiger partial charge < -0.3 is 5.32 Å². The van der Waals surface area contributed by atoms with Crippen molar-refractivity contribution in [3.8, 4) is 0 Å². The van der Waals surface area contributed by atoms with Crippen LogP contribution in [0.2, 0.25) is 0 Å². The molecule has 0 atom stereocenters. The molecule has 1 aliphatic carbocycles. The average Bonchev–Trinajstić information content (AvgIpc) is 2.17. The zero-order valence-electron chi connectivity index (χ0n) is 9.15. The molecule has 0 radical (unpaired) electrons. The van der Waals surface area contributed by atoms with Crippen molar-refractivity contribution in [2.75, 3.05) is 6.54 Å². The molecule has 0 spiro atoms. The molecule has 0 heterocycles. The van der Waals surface area contributed by atoms with Crippen molar-refractivity contribution in [1.82, 2.24) is 5.32 Å². The lowest BCUT2D eigenvalue weighted by Crippen LogP contribution is -2.53. The van der Waals surface area contributed by atoms with Gasteiger partial charge >= 0.3 is 0 Å². The molecule has 0 amide bonds. The molecule has 0 bridgehead atoms. The summed E-state index contributed by atoms with van der Waals surface area (Å²) in [4.78, 5) is 0. The number of nitrogens with one attached hydrogen (secondary N) is 1. The lowest BCUT2D eigenvalue weighted by atomic mass is 9.77. The third-order valence-electron chi connectivity index (χ3n) is 3.31. The standard InChI is InChI=1S/C11H21F2N/c1-3-8-14-11(10(12)13)6-4-9(2)5-7-11/h9-10,14H,3-8H2,1-2H3. The third-order valence-corrected chi connectivity index (χ3v) is 3.31. The fraction of sp³-hybridized carbons (Fsp3) is 1.00. The summed E-state index contributed by atoms with van der Waals surface area (Å²) in [6.07, 6.45) is 1.82. The van der Waals surface area contributed by atoms with Gasteiger partial charge in [-0.25, -0.2) is 8.78 Å². The zero-order chi connectivity index (χ0) is 10.6. The molecule has 0 unspecified atom stereocenters. The van der Waals surface area contributed by atoms with Crippen LogP contribution < -0.4 is 5.32 Å². The third kappa shape index (κ3) is 2.66. The van der Waals surface area contributed by atoms with E-state index in [0.717, 1.165) is 19.3 Å². The van der Waals surface area contributed by atoms with Gasteiger partial charge in [-0.3, -0.25) is 0 Å². The lowest BCUT2D eigenvalue weighted by Gasteiger charge is -2.39. The highest BCUT2D eigenvalue weighted by Crippen LogP contribution is 2.36. The van der Waals surface area contributed by atoms with E-state index in [9.17, 15) is 8.78 Å². The van der Waals surface area contributed by atoms with Crippen molar-refractivity contribution in [2.45, 2.75) is 57.9 Å². The summed E-state index contributed by atoms with van der Waals surface area (Å²) in [5.74, 6) is 0.616. The Kier molecular flexibility index (Phi) is 4.30. The molecular formula is C11H21F2N. The fourth-order valence-corrected chi connectivity index (χ4v) is 2.12. The maximum absolute atomic E-state index is 13.0. The van der Waals surface area contributed by atoms with Gasteiger partial charge in [0.25, 0.3) is 6.43 Å². The monoisotopic (exact) mass is 205 g/mol. The number of halogens is 2. The van der Waals surface area contributed by atoms with E-state index in [1.165, 1.54) is 0 Å². The first-order valence-corrected chi connectivity index (χ1v) is 5.64. The SMILES string of the molecule is CCCNC1(C(F)F)CCC(C)CC1. The molecule has 0 aromatic rings. The molecule has 3 heteroatoms. The van der Waals surface area contributed by atoms with Crippen LogP contribution in [0.1, 0.15) is 46.0 Å². The highest BCUT2D eigenvalue weighted by Gasteiger charge is 2.41. The van der Waals surface area contributed by atoms with Crippen LogP contribution in [0, 0.1) is 5.92 Å². The van der Waals surface area contributed by atoms with Crippen molar-refractivity contribution in [3.63, 3.8) is 0 Å². The van der Waals surface area contributed by atoms with Crippen molar-refractivity contribution in [2.24, 2.45) is 5.92 Å². The summed E-state index contributed by atoms with van der Waals surface area (Å²) in [7, 11) is 0. The summed E-state index contributed by atoms with van der Waals surface area (Å²) in [5, 5.41) is 3.05. The van der Waals surface area contributed by atoms with Crippen LogP contribution in [0.4, 0.5) is 8.78 Å². The highest BCUT2D eigenvalue weighted by atomic mass is 19.3. The summed E-state index contributed by atoms with van der Waals surface area (Å²) < 4.78 is 25.9. The first-order valence-electron chi connectivity index (χ1n) is 5.64. The van der Waals surface area contributed by atoms with Gasteiger partial charge in [-0.1, -0.05) is 13.8 Å². The predicted octanol–water partition coefficient (Wildman–Crippen LogP) is 3.20. The van der Waals surface area contributed by atoms with E-state index < -0.39 is 12.0 Å². The van der Waals surface area contributed by atoms with E-state index in [0.29, 0.717) is 25.3 Å². The number of hydrogen-bond acceptors (Lipinski definition) is 1. The lowest BCUT2D eigenvalue weighted by molar-refractivity contribution is -0.000559. The van der Waals surface area contributed by atoms with E-state index in [2.05, 4.69) is 12.2 Å². The van der Waals surface area contributed by atoms with Gasteiger partial charge in [0.2, 0.25) is 0 Å². The Bertz CT molecular complexity index is 157. The van der Waals surface area contributed by atoms with E-state index in [4.69, 9.17) is 0 Å². The molecule has 1 saturated carbocycles. The van der Waals surface area contributed by atoms with Crippen LogP contribution in [-0.4, -0.2) is 18.5 Å². The molecule has 1 aliphatic rings. The molecule has 1 fully saturated rings. The van der Waals surface area contributed by atoms with Crippen LogP contribution >= 0.6 is 0 Å². The van der Waals surface area contributed by atoms with Crippen LogP contribution in [0.15, 0.2) is 0 Å². The molecule has 14 heavy (non-hydrogen) atoms. The van der Waals surface area contributed by atoms with Gasteiger partial charge in [-0.05, 0) is 44.6 Å². The van der Waals surface area contributed by atoms with Crippen molar-refractivity contribution < 1.29 is 8.78 Å². The van der Waals surface area contributed by atoms with Crippen molar-refractivity contribution in [3.05, 3.63) is 0 Å². The smallest absolute Gasteiger partial charge is 0.256 e. The quantitative estimate of drug-likeness (QED) is 0.743. The summed E-state index contributed by atoms with van der Waals surface area (Å²) in [6, 6.07) is 0. The average molecular weight is 205 g/mol. The van der Waals surface area contributed by atoms with Crippen LogP contribution in [0.25, 0.3) is 0 Å². The minimum absolute atomic E-state index is 0.616. The normalized spacial score (nSPS) is 33.6. The summed E-state index contributed by atoms with van der Waals surface area (Å²) in [5.41, 5.74) is -0.872. The summed E-state index contributed by atoms with van der Waals surface area (Å²) >= 11 is 0. The molecule has 0 aliphatic heterocycles. The zero-order valence-corrected chi connectivity index (χ0v) is 9.15. The Morgan fingerprint density at radius 1 is 1.36 bits per heavy atom. The van der Waals surface area contributed by atoms with E-state index in [1.54, 1.807) is 0 Å². The van der Waals surface area contributed by atoms with Gasteiger partial charge in [0.05, 0.1) is 5.54 Å². The predicted molar refractivity (Wildman–Crippen MR) is 54.7 cm³/mol. The van der Waals surface area contributed by atoms with Crippen LogP contribution in [-0.2, 0) is 0 Å².